The Morgan fingerprint density at radius 2 is 2.00 bits per heavy atom. The molecule has 0 aliphatic rings. The summed E-state index contributed by atoms with van der Waals surface area (Å²) in [6.07, 6.45) is 5.46. The molecule has 0 bridgehead atoms. The van der Waals surface area contributed by atoms with Crippen LogP contribution in [-0.2, 0) is 22.0 Å². The molecule has 0 spiro atoms. The molecule has 0 fully saturated rings. The Balaban J connectivity index is 1.65. The molecule has 160 valence electrons. The fourth-order valence-electron chi connectivity index (χ4n) is 3.09. The van der Waals surface area contributed by atoms with Crippen molar-refractivity contribution in [2.45, 2.75) is 24.8 Å². The summed E-state index contributed by atoms with van der Waals surface area (Å²) >= 11 is 0. The van der Waals surface area contributed by atoms with Crippen LogP contribution in [0.5, 0.6) is 0 Å². The highest BCUT2D eigenvalue weighted by Gasteiger charge is 2.13. The fourth-order valence-corrected chi connectivity index (χ4v) is 3.86. The smallest absolute Gasteiger partial charge is 0.261 e. The lowest BCUT2D eigenvalue weighted by atomic mass is 10.2. The first kappa shape index (κ1) is 20.9. The average molecular weight is 459 g/mol. The number of rotatable bonds is 7. The van der Waals surface area contributed by atoms with Gasteiger partial charge in [0.2, 0.25) is 0 Å². The molecule has 0 unspecified atom stereocenters. The number of hydrogen-bond acceptors (Lipinski definition) is 7. The normalized spacial score (nSPS) is 11.5. The summed E-state index contributed by atoms with van der Waals surface area (Å²) in [5.74, 6) is 1.24. The molecule has 0 saturated heterocycles. The summed E-state index contributed by atoms with van der Waals surface area (Å²) in [6.45, 7) is 2.44. The molecule has 31 heavy (non-hydrogen) atoms. The Hall–Kier alpha value is -3.37. The quantitative estimate of drug-likeness (QED) is 0.248. The van der Waals surface area contributed by atoms with Crippen LogP contribution in [0, 0.1) is 5.21 Å². The van der Waals surface area contributed by atoms with Crippen LogP contribution in [0.3, 0.4) is 0 Å². The standard InChI is InChI=1S/C20H19ClN6O3S/c1-2-15-12-23-27-19(22-11-14-4-3-9-26(28)13-14)10-18(25-20(15)27)24-16-5-7-17(8-6-16)31(21,29)30/h3-10,12-13,22H,2,11H2,1H3,(H,24,25). The molecule has 0 aliphatic carbocycles. The maximum atomic E-state index is 11.5. The topological polar surface area (TPSA) is 115 Å². The van der Waals surface area contributed by atoms with Crippen molar-refractivity contribution >= 4 is 42.7 Å². The minimum absolute atomic E-state index is 0.0213. The Labute approximate surface area is 183 Å². The molecule has 0 saturated carbocycles. The van der Waals surface area contributed by atoms with Crippen molar-refractivity contribution in [3.8, 4) is 0 Å². The maximum Gasteiger partial charge on any atom is 0.261 e. The van der Waals surface area contributed by atoms with E-state index in [-0.39, 0.29) is 4.90 Å². The first-order chi connectivity index (χ1) is 14.8. The van der Waals surface area contributed by atoms with Gasteiger partial charge in [0, 0.05) is 46.2 Å². The fraction of sp³-hybridized carbons (Fsp3) is 0.150. The maximum absolute atomic E-state index is 11.5. The molecule has 9 nitrogen and oxygen atoms in total. The van der Waals surface area contributed by atoms with Gasteiger partial charge in [0.1, 0.15) is 11.6 Å². The second-order valence-electron chi connectivity index (χ2n) is 6.80. The van der Waals surface area contributed by atoms with E-state index in [0.717, 1.165) is 22.3 Å². The van der Waals surface area contributed by atoms with Crippen LogP contribution in [-0.4, -0.2) is 23.0 Å². The Morgan fingerprint density at radius 1 is 1.23 bits per heavy atom. The highest BCUT2D eigenvalue weighted by molar-refractivity contribution is 8.13. The highest BCUT2D eigenvalue weighted by Crippen LogP contribution is 2.24. The molecular weight excluding hydrogens is 440 g/mol. The average Bonchev–Trinajstić information content (AvgIpc) is 3.15. The van der Waals surface area contributed by atoms with Gasteiger partial charge in [-0.15, -0.1) is 0 Å². The van der Waals surface area contributed by atoms with Crippen LogP contribution in [0.25, 0.3) is 5.65 Å². The van der Waals surface area contributed by atoms with Crippen molar-refractivity contribution in [3.05, 3.63) is 77.4 Å². The Kier molecular flexibility index (Phi) is 5.66. The largest absolute Gasteiger partial charge is 0.619 e. The summed E-state index contributed by atoms with van der Waals surface area (Å²) in [6, 6.07) is 11.4. The number of pyridine rings is 1. The van der Waals surface area contributed by atoms with E-state index in [1.165, 1.54) is 24.5 Å². The number of benzene rings is 1. The molecule has 2 N–H and O–H groups in total. The van der Waals surface area contributed by atoms with Gasteiger partial charge in [0.15, 0.2) is 18.0 Å². The van der Waals surface area contributed by atoms with Crippen LogP contribution in [0.2, 0.25) is 0 Å². The number of aromatic nitrogens is 4. The minimum atomic E-state index is -3.78. The molecule has 1 aromatic carbocycles. The van der Waals surface area contributed by atoms with E-state index < -0.39 is 9.05 Å². The van der Waals surface area contributed by atoms with Gasteiger partial charge < -0.3 is 15.8 Å². The molecular formula is C20H19ClN6O3S. The summed E-state index contributed by atoms with van der Waals surface area (Å²) < 4.78 is 25.3. The number of nitrogens with zero attached hydrogens (tertiary/aromatic N) is 4. The third-order valence-electron chi connectivity index (χ3n) is 4.64. The van der Waals surface area contributed by atoms with Crippen LogP contribution in [0.1, 0.15) is 18.1 Å². The zero-order valence-electron chi connectivity index (χ0n) is 16.5. The van der Waals surface area contributed by atoms with E-state index in [1.807, 2.05) is 13.0 Å². The van der Waals surface area contributed by atoms with Gasteiger partial charge in [-0.2, -0.15) is 14.3 Å². The Morgan fingerprint density at radius 3 is 2.68 bits per heavy atom. The summed E-state index contributed by atoms with van der Waals surface area (Å²) in [5, 5.41) is 22.4. The van der Waals surface area contributed by atoms with Crippen LogP contribution in [0.15, 0.2) is 66.0 Å². The summed E-state index contributed by atoms with van der Waals surface area (Å²) in [7, 11) is 1.59. The molecule has 3 aromatic heterocycles. The molecule has 0 amide bonds. The summed E-state index contributed by atoms with van der Waals surface area (Å²) in [4.78, 5) is 4.67. The van der Waals surface area contributed by atoms with Crippen molar-refractivity contribution in [1.82, 2.24) is 14.6 Å². The monoisotopic (exact) mass is 458 g/mol. The first-order valence-corrected chi connectivity index (χ1v) is 11.8. The zero-order valence-corrected chi connectivity index (χ0v) is 18.1. The predicted molar refractivity (Wildman–Crippen MR) is 118 cm³/mol. The van der Waals surface area contributed by atoms with Gasteiger partial charge in [-0.05, 0) is 36.8 Å². The number of fused-ring (bicyclic) bond motifs is 1. The summed E-state index contributed by atoms with van der Waals surface area (Å²) in [5.41, 5.74) is 3.15. The van der Waals surface area contributed by atoms with Gasteiger partial charge in [-0.3, -0.25) is 0 Å². The van der Waals surface area contributed by atoms with E-state index >= 15 is 0 Å². The SMILES string of the molecule is CCc1cnn2c(NCc3ccc[n+]([O-])c3)cc(Nc3ccc(S(=O)(=O)Cl)cc3)nc12. The lowest BCUT2D eigenvalue weighted by molar-refractivity contribution is -0.605. The van der Waals surface area contributed by atoms with Gasteiger partial charge in [-0.1, -0.05) is 6.92 Å². The van der Waals surface area contributed by atoms with Crippen LogP contribution in [0.4, 0.5) is 17.3 Å². The van der Waals surface area contributed by atoms with E-state index in [1.54, 1.807) is 35.0 Å². The van der Waals surface area contributed by atoms with E-state index in [2.05, 4.69) is 20.7 Å². The molecule has 0 radical (unpaired) electrons. The molecule has 4 rings (SSSR count). The number of halogens is 1. The van der Waals surface area contributed by atoms with Gasteiger partial charge in [-0.25, -0.2) is 13.4 Å². The number of aryl methyl sites for hydroxylation is 1. The minimum Gasteiger partial charge on any atom is -0.619 e. The van der Waals surface area contributed by atoms with Crippen molar-refractivity contribution in [3.63, 3.8) is 0 Å². The van der Waals surface area contributed by atoms with Crippen molar-refractivity contribution < 1.29 is 13.1 Å². The van der Waals surface area contributed by atoms with Crippen molar-refractivity contribution in [1.29, 1.82) is 0 Å². The van der Waals surface area contributed by atoms with E-state index in [4.69, 9.17) is 10.7 Å². The van der Waals surface area contributed by atoms with E-state index in [9.17, 15) is 13.6 Å². The van der Waals surface area contributed by atoms with Gasteiger partial charge in [0.25, 0.3) is 9.05 Å². The third-order valence-corrected chi connectivity index (χ3v) is 6.01. The number of nitrogens with one attached hydrogen (secondary N) is 2. The third kappa shape index (κ3) is 4.70. The van der Waals surface area contributed by atoms with Crippen molar-refractivity contribution in [2.24, 2.45) is 0 Å². The van der Waals surface area contributed by atoms with Crippen LogP contribution < -0.4 is 15.4 Å². The highest BCUT2D eigenvalue weighted by atomic mass is 35.7. The van der Waals surface area contributed by atoms with Crippen molar-refractivity contribution in [2.75, 3.05) is 10.6 Å². The van der Waals surface area contributed by atoms with Gasteiger partial charge in [0.05, 0.1) is 11.1 Å². The molecule has 11 heteroatoms. The second-order valence-corrected chi connectivity index (χ2v) is 9.36. The lowest BCUT2D eigenvalue weighted by Gasteiger charge is -2.12. The molecule has 4 aromatic rings. The Bertz CT molecular complexity index is 1340. The second kappa shape index (κ2) is 8.40. The molecule has 3 heterocycles. The van der Waals surface area contributed by atoms with Crippen LogP contribution >= 0.6 is 10.7 Å². The lowest BCUT2D eigenvalue weighted by Crippen LogP contribution is -2.25. The number of anilines is 3. The number of hydrogen-bond donors (Lipinski definition) is 2. The predicted octanol–water partition coefficient (Wildman–Crippen LogP) is 3.21. The molecule has 0 aliphatic heterocycles. The van der Waals surface area contributed by atoms with Gasteiger partial charge >= 0.3 is 0 Å². The molecule has 0 atom stereocenters. The first-order valence-electron chi connectivity index (χ1n) is 9.44. The zero-order chi connectivity index (χ0) is 22.0. The van der Waals surface area contributed by atoms with E-state index in [0.29, 0.717) is 29.5 Å².